The number of amides is 1. The lowest BCUT2D eigenvalue weighted by molar-refractivity contribution is -0.118. The molecule has 0 aliphatic rings. The maximum atomic E-state index is 11.6. The van der Waals surface area contributed by atoms with Crippen LogP contribution < -0.4 is 5.32 Å². The van der Waals surface area contributed by atoms with E-state index in [1.54, 1.807) is 0 Å². The van der Waals surface area contributed by atoms with Crippen molar-refractivity contribution < 1.29 is 4.79 Å². The third-order valence-corrected chi connectivity index (χ3v) is 3.17. The average molecular weight is 274 g/mol. The van der Waals surface area contributed by atoms with E-state index in [0.717, 1.165) is 11.1 Å². The molecule has 2 aromatic rings. The van der Waals surface area contributed by atoms with Crippen LogP contribution in [0.1, 0.15) is 13.8 Å². The van der Waals surface area contributed by atoms with Gasteiger partial charge in [-0.15, -0.1) is 0 Å². The molecule has 19 heavy (non-hydrogen) atoms. The van der Waals surface area contributed by atoms with E-state index in [1.165, 1.54) is 0 Å². The molecule has 2 rings (SSSR count). The quantitative estimate of drug-likeness (QED) is 0.870. The highest BCUT2D eigenvalue weighted by atomic mass is 35.5. The zero-order chi connectivity index (χ0) is 13.8. The molecule has 0 aromatic heterocycles. The molecule has 0 fully saturated rings. The van der Waals surface area contributed by atoms with E-state index in [2.05, 4.69) is 5.32 Å². The summed E-state index contributed by atoms with van der Waals surface area (Å²) in [6.45, 7) is 3.70. The molecule has 0 atom stereocenters. The Kier molecular flexibility index (Phi) is 4.23. The van der Waals surface area contributed by atoms with E-state index in [-0.39, 0.29) is 11.8 Å². The first kappa shape index (κ1) is 13.6. The third kappa shape index (κ3) is 3.36. The second-order valence-electron chi connectivity index (χ2n) is 4.70. The van der Waals surface area contributed by atoms with Gasteiger partial charge in [0.25, 0.3) is 0 Å². The van der Waals surface area contributed by atoms with Crippen molar-refractivity contribution in [1.82, 2.24) is 0 Å². The van der Waals surface area contributed by atoms with Gasteiger partial charge in [-0.1, -0.05) is 61.8 Å². The molecule has 2 nitrogen and oxygen atoms in total. The molecular formula is C16H16ClNO. The van der Waals surface area contributed by atoms with Gasteiger partial charge in [0, 0.05) is 5.92 Å². The van der Waals surface area contributed by atoms with Crippen LogP contribution in [-0.4, -0.2) is 5.91 Å². The number of carbonyl (C=O) groups excluding carboxylic acids is 1. The summed E-state index contributed by atoms with van der Waals surface area (Å²) < 4.78 is 0. The third-order valence-electron chi connectivity index (χ3n) is 2.86. The molecule has 0 radical (unpaired) electrons. The molecule has 0 aliphatic heterocycles. The maximum absolute atomic E-state index is 11.6. The lowest BCUT2D eigenvalue weighted by Gasteiger charge is -2.11. The van der Waals surface area contributed by atoms with Crippen molar-refractivity contribution in [3.05, 3.63) is 53.6 Å². The van der Waals surface area contributed by atoms with Crippen molar-refractivity contribution in [1.29, 1.82) is 0 Å². The summed E-state index contributed by atoms with van der Waals surface area (Å²) in [7, 11) is 0. The Morgan fingerprint density at radius 3 is 2.32 bits per heavy atom. The minimum atomic E-state index is -0.0649. The molecular weight excluding hydrogens is 258 g/mol. The predicted molar refractivity (Wildman–Crippen MR) is 80.4 cm³/mol. The summed E-state index contributed by atoms with van der Waals surface area (Å²) in [5, 5.41) is 3.37. The fraction of sp³-hybridized carbons (Fsp3) is 0.188. The zero-order valence-corrected chi connectivity index (χ0v) is 11.7. The van der Waals surface area contributed by atoms with Crippen LogP contribution in [0.2, 0.25) is 5.02 Å². The number of anilines is 1. The number of carbonyl (C=O) groups is 1. The maximum Gasteiger partial charge on any atom is 0.226 e. The summed E-state index contributed by atoms with van der Waals surface area (Å²) >= 11 is 6.21. The Balaban J connectivity index is 2.25. The van der Waals surface area contributed by atoms with Crippen LogP contribution >= 0.6 is 11.6 Å². The molecule has 2 aromatic carbocycles. The summed E-state index contributed by atoms with van der Waals surface area (Å²) in [5.74, 6) is -0.0979. The van der Waals surface area contributed by atoms with Gasteiger partial charge in [-0.25, -0.2) is 0 Å². The standard InChI is InChI=1S/C16H16ClNO/c1-11(2)16(19)18-15-9-8-13(10-14(15)17)12-6-4-3-5-7-12/h3-11H,1-2H3,(H,18,19). The Labute approximate surface area is 118 Å². The van der Waals surface area contributed by atoms with Crippen molar-refractivity contribution in [2.24, 2.45) is 5.92 Å². The van der Waals surface area contributed by atoms with Crippen molar-refractivity contribution in [2.45, 2.75) is 13.8 Å². The molecule has 0 saturated heterocycles. The highest BCUT2D eigenvalue weighted by Crippen LogP contribution is 2.28. The van der Waals surface area contributed by atoms with E-state index in [9.17, 15) is 4.79 Å². The Hall–Kier alpha value is -1.80. The summed E-state index contributed by atoms with van der Waals surface area (Å²) in [5.41, 5.74) is 2.79. The predicted octanol–water partition coefficient (Wildman–Crippen LogP) is 4.60. The molecule has 0 heterocycles. The van der Waals surface area contributed by atoms with Crippen molar-refractivity contribution in [2.75, 3.05) is 5.32 Å². The van der Waals surface area contributed by atoms with Gasteiger partial charge >= 0.3 is 0 Å². The highest BCUT2D eigenvalue weighted by Gasteiger charge is 2.10. The molecule has 0 spiro atoms. The SMILES string of the molecule is CC(C)C(=O)Nc1ccc(-c2ccccc2)cc1Cl. The summed E-state index contributed by atoms with van der Waals surface area (Å²) in [6.07, 6.45) is 0. The molecule has 0 aliphatic carbocycles. The number of nitrogens with one attached hydrogen (secondary N) is 1. The Morgan fingerprint density at radius 1 is 1.05 bits per heavy atom. The lowest BCUT2D eigenvalue weighted by atomic mass is 10.1. The molecule has 1 amide bonds. The minimum Gasteiger partial charge on any atom is -0.325 e. The number of rotatable bonds is 3. The van der Waals surface area contributed by atoms with E-state index in [0.29, 0.717) is 10.7 Å². The topological polar surface area (TPSA) is 29.1 Å². The van der Waals surface area contributed by atoms with Gasteiger partial charge in [0.15, 0.2) is 0 Å². The number of hydrogen-bond donors (Lipinski definition) is 1. The summed E-state index contributed by atoms with van der Waals surface area (Å²) in [6, 6.07) is 15.7. The van der Waals surface area contributed by atoms with E-state index in [4.69, 9.17) is 11.6 Å². The van der Waals surface area contributed by atoms with Gasteiger partial charge in [0.05, 0.1) is 10.7 Å². The van der Waals surface area contributed by atoms with Crippen LogP contribution in [0.5, 0.6) is 0 Å². The zero-order valence-electron chi connectivity index (χ0n) is 11.0. The van der Waals surface area contributed by atoms with Gasteiger partial charge < -0.3 is 5.32 Å². The number of benzene rings is 2. The molecule has 1 N–H and O–H groups in total. The van der Waals surface area contributed by atoms with Crippen LogP contribution in [0, 0.1) is 5.92 Å². The fourth-order valence-corrected chi connectivity index (χ4v) is 1.93. The van der Waals surface area contributed by atoms with Crippen LogP contribution in [0.4, 0.5) is 5.69 Å². The van der Waals surface area contributed by atoms with Crippen molar-refractivity contribution >= 4 is 23.2 Å². The number of hydrogen-bond acceptors (Lipinski definition) is 1. The van der Waals surface area contributed by atoms with Gasteiger partial charge in [-0.05, 0) is 23.3 Å². The van der Waals surface area contributed by atoms with Crippen LogP contribution in [-0.2, 0) is 4.79 Å². The van der Waals surface area contributed by atoms with Gasteiger partial charge in [0.1, 0.15) is 0 Å². The van der Waals surface area contributed by atoms with Gasteiger partial charge in [0.2, 0.25) is 5.91 Å². The van der Waals surface area contributed by atoms with E-state index >= 15 is 0 Å². The average Bonchev–Trinajstić information content (AvgIpc) is 2.41. The molecule has 0 saturated carbocycles. The molecule has 98 valence electrons. The van der Waals surface area contributed by atoms with Crippen LogP contribution in [0.15, 0.2) is 48.5 Å². The number of halogens is 1. The second kappa shape index (κ2) is 5.89. The Bertz CT molecular complexity index is 579. The summed E-state index contributed by atoms with van der Waals surface area (Å²) in [4.78, 5) is 11.6. The van der Waals surface area contributed by atoms with E-state index in [1.807, 2.05) is 62.4 Å². The molecule has 3 heteroatoms. The van der Waals surface area contributed by atoms with E-state index < -0.39 is 0 Å². The normalized spacial score (nSPS) is 10.5. The Morgan fingerprint density at radius 2 is 1.74 bits per heavy atom. The van der Waals surface area contributed by atoms with Crippen molar-refractivity contribution in [3.63, 3.8) is 0 Å². The van der Waals surface area contributed by atoms with Gasteiger partial charge in [-0.2, -0.15) is 0 Å². The first-order valence-electron chi connectivity index (χ1n) is 6.24. The highest BCUT2D eigenvalue weighted by molar-refractivity contribution is 6.34. The minimum absolute atomic E-state index is 0.0330. The molecule has 0 bridgehead atoms. The lowest BCUT2D eigenvalue weighted by Crippen LogP contribution is -2.17. The van der Waals surface area contributed by atoms with Crippen LogP contribution in [0.3, 0.4) is 0 Å². The largest absolute Gasteiger partial charge is 0.325 e. The first-order chi connectivity index (χ1) is 9.08. The first-order valence-corrected chi connectivity index (χ1v) is 6.61. The van der Waals surface area contributed by atoms with Crippen molar-refractivity contribution in [3.8, 4) is 11.1 Å². The van der Waals surface area contributed by atoms with Gasteiger partial charge in [-0.3, -0.25) is 4.79 Å². The fourth-order valence-electron chi connectivity index (χ4n) is 1.70. The molecule has 0 unspecified atom stereocenters. The van der Waals surface area contributed by atoms with Crippen LogP contribution in [0.25, 0.3) is 11.1 Å². The second-order valence-corrected chi connectivity index (χ2v) is 5.11. The monoisotopic (exact) mass is 273 g/mol. The smallest absolute Gasteiger partial charge is 0.226 e.